The Hall–Kier alpha value is -2.73. The fourth-order valence-electron chi connectivity index (χ4n) is 3.75. The lowest BCUT2D eigenvalue weighted by atomic mass is 10.2. The van der Waals surface area contributed by atoms with Gasteiger partial charge in [-0.2, -0.15) is 0 Å². The zero-order valence-corrected chi connectivity index (χ0v) is 17.0. The van der Waals surface area contributed by atoms with Gasteiger partial charge in [-0.25, -0.2) is 0 Å². The third-order valence-electron chi connectivity index (χ3n) is 5.41. The highest BCUT2D eigenvalue weighted by Crippen LogP contribution is 2.24. The number of piperazine rings is 1. The summed E-state index contributed by atoms with van der Waals surface area (Å²) in [6.07, 6.45) is 1.51. The number of halogens is 1. The van der Waals surface area contributed by atoms with Gasteiger partial charge in [0, 0.05) is 55.5 Å². The molecule has 29 heavy (non-hydrogen) atoms. The summed E-state index contributed by atoms with van der Waals surface area (Å²) < 4.78 is 5.67. The molecule has 0 unspecified atom stereocenters. The molecule has 2 aromatic carbocycles. The lowest BCUT2D eigenvalue weighted by Gasteiger charge is -2.36. The van der Waals surface area contributed by atoms with Crippen molar-refractivity contribution in [1.82, 2.24) is 4.90 Å². The van der Waals surface area contributed by atoms with Crippen molar-refractivity contribution in [2.75, 3.05) is 49.1 Å². The molecule has 7 heteroatoms. The Labute approximate surface area is 175 Å². The Morgan fingerprint density at radius 3 is 2.17 bits per heavy atom. The number of amides is 2. The molecule has 0 bridgehead atoms. The maximum atomic E-state index is 12.5. The Balaban J connectivity index is 1.25. The first-order valence-corrected chi connectivity index (χ1v) is 10.3. The quantitative estimate of drug-likeness (QED) is 0.755. The topological polar surface area (TPSA) is 53.1 Å². The van der Waals surface area contributed by atoms with Gasteiger partial charge >= 0.3 is 0 Å². The molecule has 2 aliphatic rings. The molecule has 4 rings (SSSR count). The van der Waals surface area contributed by atoms with E-state index < -0.39 is 0 Å². The van der Waals surface area contributed by atoms with Crippen LogP contribution < -0.4 is 14.5 Å². The Morgan fingerprint density at radius 1 is 0.897 bits per heavy atom. The summed E-state index contributed by atoms with van der Waals surface area (Å²) in [6.45, 7) is 3.68. The van der Waals surface area contributed by atoms with Crippen molar-refractivity contribution >= 4 is 34.8 Å². The van der Waals surface area contributed by atoms with Crippen LogP contribution >= 0.6 is 11.6 Å². The van der Waals surface area contributed by atoms with Crippen molar-refractivity contribution < 1.29 is 14.3 Å². The predicted molar refractivity (Wildman–Crippen MR) is 114 cm³/mol. The molecule has 0 saturated carbocycles. The zero-order valence-electron chi connectivity index (χ0n) is 16.2. The van der Waals surface area contributed by atoms with Crippen LogP contribution in [0.2, 0.25) is 5.02 Å². The number of benzene rings is 2. The third kappa shape index (κ3) is 4.65. The van der Waals surface area contributed by atoms with E-state index in [4.69, 9.17) is 16.3 Å². The SMILES string of the molecule is O=C(COc1ccc(N2CCCC2=O)cc1)N1CCN(c2ccc(Cl)cc2)CC1. The number of hydrogen-bond acceptors (Lipinski definition) is 4. The second-order valence-electron chi connectivity index (χ2n) is 7.28. The van der Waals surface area contributed by atoms with Gasteiger partial charge in [-0.15, -0.1) is 0 Å². The van der Waals surface area contributed by atoms with Gasteiger partial charge in [0.1, 0.15) is 5.75 Å². The minimum absolute atomic E-state index is 0.0143. The molecule has 2 aromatic rings. The van der Waals surface area contributed by atoms with Crippen LogP contribution in [0.1, 0.15) is 12.8 Å². The van der Waals surface area contributed by atoms with E-state index in [-0.39, 0.29) is 18.4 Å². The van der Waals surface area contributed by atoms with E-state index >= 15 is 0 Å². The molecule has 2 aliphatic heterocycles. The molecular weight excluding hydrogens is 390 g/mol. The Morgan fingerprint density at radius 2 is 1.55 bits per heavy atom. The first-order valence-electron chi connectivity index (χ1n) is 9.92. The molecule has 0 spiro atoms. The number of carbonyl (C=O) groups excluding carboxylic acids is 2. The minimum Gasteiger partial charge on any atom is -0.484 e. The summed E-state index contributed by atoms with van der Waals surface area (Å²) in [6, 6.07) is 15.1. The van der Waals surface area contributed by atoms with Crippen LogP contribution in [0.25, 0.3) is 0 Å². The lowest BCUT2D eigenvalue weighted by Crippen LogP contribution is -2.50. The fraction of sp³-hybridized carbons (Fsp3) is 0.364. The van der Waals surface area contributed by atoms with Gasteiger partial charge in [-0.1, -0.05) is 11.6 Å². The summed E-state index contributed by atoms with van der Waals surface area (Å²) in [7, 11) is 0. The van der Waals surface area contributed by atoms with Crippen molar-refractivity contribution in [3.63, 3.8) is 0 Å². The molecule has 0 atom stereocenters. The Bertz CT molecular complexity index is 862. The van der Waals surface area contributed by atoms with Crippen molar-refractivity contribution in [1.29, 1.82) is 0 Å². The standard InChI is InChI=1S/C22H24ClN3O3/c23-17-3-5-18(6-4-17)24-12-14-25(15-13-24)22(28)16-29-20-9-7-19(8-10-20)26-11-1-2-21(26)27/h3-10H,1-2,11-16H2. The van der Waals surface area contributed by atoms with Crippen LogP contribution in [0.3, 0.4) is 0 Å². The second-order valence-corrected chi connectivity index (χ2v) is 7.71. The summed E-state index contributed by atoms with van der Waals surface area (Å²) in [5.41, 5.74) is 2.00. The monoisotopic (exact) mass is 413 g/mol. The Kier molecular flexibility index (Phi) is 5.90. The first kappa shape index (κ1) is 19.6. The second kappa shape index (κ2) is 8.74. The first-order chi connectivity index (χ1) is 14.1. The van der Waals surface area contributed by atoms with Crippen molar-refractivity contribution in [2.45, 2.75) is 12.8 Å². The largest absolute Gasteiger partial charge is 0.484 e. The molecule has 2 heterocycles. The molecule has 2 amide bonds. The highest BCUT2D eigenvalue weighted by Gasteiger charge is 2.23. The van der Waals surface area contributed by atoms with E-state index in [0.717, 1.165) is 42.5 Å². The number of hydrogen-bond donors (Lipinski definition) is 0. The average molecular weight is 414 g/mol. The van der Waals surface area contributed by atoms with Crippen molar-refractivity contribution in [3.05, 3.63) is 53.6 Å². The van der Waals surface area contributed by atoms with Crippen LogP contribution in [0.15, 0.2) is 48.5 Å². The van der Waals surface area contributed by atoms with Gasteiger partial charge in [0.2, 0.25) is 5.91 Å². The van der Waals surface area contributed by atoms with E-state index in [0.29, 0.717) is 25.3 Å². The predicted octanol–water partition coefficient (Wildman–Crippen LogP) is 3.19. The normalized spacial score (nSPS) is 17.0. The van der Waals surface area contributed by atoms with Gasteiger partial charge in [0.05, 0.1) is 0 Å². The summed E-state index contributed by atoms with van der Waals surface area (Å²) >= 11 is 5.95. The summed E-state index contributed by atoms with van der Waals surface area (Å²) in [4.78, 5) is 30.2. The number of anilines is 2. The molecular formula is C22H24ClN3O3. The van der Waals surface area contributed by atoms with Crippen molar-refractivity contribution in [2.24, 2.45) is 0 Å². The smallest absolute Gasteiger partial charge is 0.260 e. The van der Waals surface area contributed by atoms with Gasteiger partial charge in [0.15, 0.2) is 6.61 Å². The van der Waals surface area contributed by atoms with Crippen LogP contribution in [0, 0.1) is 0 Å². The number of rotatable bonds is 5. The molecule has 0 aromatic heterocycles. The van der Waals surface area contributed by atoms with Crippen LogP contribution in [-0.4, -0.2) is 56.0 Å². The number of carbonyl (C=O) groups is 2. The van der Waals surface area contributed by atoms with Crippen LogP contribution in [0.5, 0.6) is 5.75 Å². The number of ether oxygens (including phenoxy) is 1. The van der Waals surface area contributed by atoms with Crippen LogP contribution in [-0.2, 0) is 9.59 Å². The molecule has 6 nitrogen and oxygen atoms in total. The molecule has 2 fully saturated rings. The average Bonchev–Trinajstić information content (AvgIpc) is 3.19. The molecule has 152 valence electrons. The van der Waals surface area contributed by atoms with E-state index in [9.17, 15) is 9.59 Å². The van der Waals surface area contributed by atoms with Gasteiger partial charge in [0.25, 0.3) is 5.91 Å². The molecule has 0 radical (unpaired) electrons. The van der Waals surface area contributed by atoms with Gasteiger partial charge < -0.3 is 19.4 Å². The van der Waals surface area contributed by atoms with Crippen molar-refractivity contribution in [3.8, 4) is 5.75 Å². The summed E-state index contributed by atoms with van der Waals surface area (Å²) in [5.74, 6) is 0.777. The van der Waals surface area contributed by atoms with E-state index in [2.05, 4.69) is 4.90 Å². The van der Waals surface area contributed by atoms with E-state index in [1.165, 1.54) is 0 Å². The van der Waals surface area contributed by atoms with Crippen LogP contribution in [0.4, 0.5) is 11.4 Å². The number of nitrogens with zero attached hydrogens (tertiary/aromatic N) is 3. The van der Waals surface area contributed by atoms with Gasteiger partial charge in [-0.3, -0.25) is 9.59 Å². The van der Waals surface area contributed by atoms with E-state index in [1.807, 2.05) is 53.4 Å². The minimum atomic E-state index is -0.0143. The summed E-state index contributed by atoms with van der Waals surface area (Å²) in [5, 5.41) is 0.722. The fourth-order valence-corrected chi connectivity index (χ4v) is 3.87. The lowest BCUT2D eigenvalue weighted by molar-refractivity contribution is -0.133. The van der Waals surface area contributed by atoms with Gasteiger partial charge in [-0.05, 0) is 55.0 Å². The highest BCUT2D eigenvalue weighted by atomic mass is 35.5. The maximum absolute atomic E-state index is 12.5. The zero-order chi connectivity index (χ0) is 20.2. The maximum Gasteiger partial charge on any atom is 0.260 e. The molecule has 0 aliphatic carbocycles. The molecule has 2 saturated heterocycles. The third-order valence-corrected chi connectivity index (χ3v) is 5.66. The highest BCUT2D eigenvalue weighted by molar-refractivity contribution is 6.30. The molecule has 0 N–H and O–H groups in total. The van der Waals surface area contributed by atoms with E-state index in [1.54, 1.807) is 4.90 Å².